The maximum Gasteiger partial charge on any atom is 0.0562 e. The van der Waals surface area contributed by atoms with Crippen LogP contribution >= 0.6 is 0 Å². The molecule has 0 aliphatic carbocycles. The summed E-state index contributed by atoms with van der Waals surface area (Å²) in [6.45, 7) is 9.61. The van der Waals surface area contributed by atoms with Gasteiger partial charge >= 0.3 is 0 Å². The fraction of sp³-hybridized carbons (Fsp3) is 0.643. The fourth-order valence-corrected chi connectivity index (χ4v) is 2.52. The molecule has 1 saturated heterocycles. The van der Waals surface area contributed by atoms with Gasteiger partial charge in [-0.3, -0.25) is 4.98 Å². The Kier molecular flexibility index (Phi) is 4.55. The van der Waals surface area contributed by atoms with Gasteiger partial charge in [-0.25, -0.2) is 0 Å². The van der Waals surface area contributed by atoms with Crippen molar-refractivity contribution < 1.29 is 0 Å². The SMILES string of the molecule is CCNCc1cc(N2CCN(C)CC2C)ccn1. The number of pyridine rings is 1. The molecule has 0 aromatic carbocycles. The van der Waals surface area contributed by atoms with Crippen molar-refractivity contribution in [2.24, 2.45) is 0 Å². The molecule has 2 rings (SSSR count). The van der Waals surface area contributed by atoms with Crippen molar-refractivity contribution in [2.75, 3.05) is 38.1 Å². The molecule has 1 fully saturated rings. The Morgan fingerprint density at radius 2 is 2.28 bits per heavy atom. The fourth-order valence-electron chi connectivity index (χ4n) is 2.52. The van der Waals surface area contributed by atoms with Crippen LogP contribution < -0.4 is 10.2 Å². The largest absolute Gasteiger partial charge is 0.366 e. The van der Waals surface area contributed by atoms with E-state index >= 15 is 0 Å². The Balaban J connectivity index is 2.07. The van der Waals surface area contributed by atoms with E-state index in [1.165, 1.54) is 5.69 Å². The Bertz CT molecular complexity index is 380. The second kappa shape index (κ2) is 6.16. The van der Waals surface area contributed by atoms with Crippen LogP contribution in [0.15, 0.2) is 18.3 Å². The van der Waals surface area contributed by atoms with Crippen LogP contribution in [0.5, 0.6) is 0 Å². The highest BCUT2D eigenvalue weighted by Gasteiger charge is 2.21. The molecule has 1 N–H and O–H groups in total. The Labute approximate surface area is 110 Å². The average Bonchev–Trinajstić information content (AvgIpc) is 2.36. The highest BCUT2D eigenvalue weighted by Crippen LogP contribution is 2.20. The number of nitrogens with one attached hydrogen (secondary N) is 1. The predicted octanol–water partition coefficient (Wildman–Crippen LogP) is 1.33. The van der Waals surface area contributed by atoms with E-state index in [-0.39, 0.29) is 0 Å². The van der Waals surface area contributed by atoms with Crippen LogP contribution in [0.4, 0.5) is 5.69 Å². The van der Waals surface area contributed by atoms with Gasteiger partial charge in [0.25, 0.3) is 0 Å². The van der Waals surface area contributed by atoms with Crippen molar-refractivity contribution in [3.63, 3.8) is 0 Å². The monoisotopic (exact) mass is 248 g/mol. The molecule has 0 bridgehead atoms. The molecule has 0 radical (unpaired) electrons. The summed E-state index contributed by atoms with van der Waals surface area (Å²) in [4.78, 5) is 9.29. The molecule has 18 heavy (non-hydrogen) atoms. The number of nitrogens with zero attached hydrogens (tertiary/aromatic N) is 3. The van der Waals surface area contributed by atoms with E-state index in [2.05, 4.69) is 53.1 Å². The van der Waals surface area contributed by atoms with Crippen molar-refractivity contribution >= 4 is 5.69 Å². The molecule has 100 valence electrons. The van der Waals surface area contributed by atoms with Crippen LogP contribution in [0.3, 0.4) is 0 Å². The zero-order chi connectivity index (χ0) is 13.0. The van der Waals surface area contributed by atoms with Gasteiger partial charge < -0.3 is 15.1 Å². The zero-order valence-electron chi connectivity index (χ0n) is 11.7. The topological polar surface area (TPSA) is 31.4 Å². The van der Waals surface area contributed by atoms with Gasteiger partial charge in [0.2, 0.25) is 0 Å². The van der Waals surface area contributed by atoms with E-state index in [9.17, 15) is 0 Å². The Morgan fingerprint density at radius 3 is 3.00 bits per heavy atom. The molecule has 1 aliphatic rings. The van der Waals surface area contributed by atoms with E-state index in [4.69, 9.17) is 0 Å². The third kappa shape index (κ3) is 3.21. The first-order chi connectivity index (χ1) is 8.70. The zero-order valence-corrected chi connectivity index (χ0v) is 11.7. The third-order valence-electron chi connectivity index (χ3n) is 3.52. The van der Waals surface area contributed by atoms with Gasteiger partial charge in [0.15, 0.2) is 0 Å². The predicted molar refractivity (Wildman–Crippen MR) is 75.9 cm³/mol. The van der Waals surface area contributed by atoms with Gasteiger partial charge in [0.1, 0.15) is 0 Å². The number of aromatic nitrogens is 1. The van der Waals surface area contributed by atoms with Crippen LogP contribution in [0.2, 0.25) is 0 Å². The van der Waals surface area contributed by atoms with Gasteiger partial charge in [-0.05, 0) is 32.6 Å². The second-order valence-electron chi connectivity index (χ2n) is 5.09. The minimum Gasteiger partial charge on any atom is -0.366 e. The van der Waals surface area contributed by atoms with E-state index < -0.39 is 0 Å². The molecule has 0 saturated carbocycles. The highest BCUT2D eigenvalue weighted by atomic mass is 15.3. The Morgan fingerprint density at radius 1 is 1.44 bits per heavy atom. The number of anilines is 1. The summed E-state index contributed by atoms with van der Waals surface area (Å²) >= 11 is 0. The highest BCUT2D eigenvalue weighted by molar-refractivity contribution is 5.48. The van der Waals surface area contributed by atoms with Gasteiger partial charge in [-0.15, -0.1) is 0 Å². The molecule has 1 unspecified atom stereocenters. The van der Waals surface area contributed by atoms with Crippen LogP contribution in [-0.4, -0.2) is 49.2 Å². The lowest BCUT2D eigenvalue weighted by Gasteiger charge is -2.39. The quantitative estimate of drug-likeness (QED) is 0.871. The molecule has 2 heterocycles. The molecular weight excluding hydrogens is 224 g/mol. The van der Waals surface area contributed by atoms with Gasteiger partial charge in [0.05, 0.1) is 5.69 Å². The maximum absolute atomic E-state index is 4.41. The molecule has 1 aromatic heterocycles. The lowest BCUT2D eigenvalue weighted by molar-refractivity contribution is 0.275. The molecule has 1 aliphatic heterocycles. The van der Waals surface area contributed by atoms with E-state index in [1.54, 1.807) is 0 Å². The molecule has 1 aromatic rings. The maximum atomic E-state index is 4.41. The molecule has 1 atom stereocenters. The van der Waals surface area contributed by atoms with Crippen molar-refractivity contribution in [2.45, 2.75) is 26.4 Å². The van der Waals surface area contributed by atoms with E-state index in [0.29, 0.717) is 6.04 Å². The first-order valence-electron chi connectivity index (χ1n) is 6.81. The number of rotatable bonds is 4. The number of hydrogen-bond donors (Lipinski definition) is 1. The minimum absolute atomic E-state index is 0.568. The van der Waals surface area contributed by atoms with Crippen molar-refractivity contribution in [1.82, 2.24) is 15.2 Å². The van der Waals surface area contributed by atoms with E-state index in [0.717, 1.165) is 38.4 Å². The van der Waals surface area contributed by atoms with Crippen molar-refractivity contribution in [3.8, 4) is 0 Å². The lowest BCUT2D eigenvalue weighted by Crippen LogP contribution is -2.50. The summed E-state index contributed by atoms with van der Waals surface area (Å²) in [6.07, 6.45) is 1.92. The summed E-state index contributed by atoms with van der Waals surface area (Å²) < 4.78 is 0. The number of likely N-dealkylation sites (N-methyl/N-ethyl adjacent to an activating group) is 1. The second-order valence-corrected chi connectivity index (χ2v) is 5.09. The van der Waals surface area contributed by atoms with Crippen LogP contribution in [0.1, 0.15) is 19.5 Å². The van der Waals surface area contributed by atoms with Gasteiger partial charge in [-0.1, -0.05) is 6.92 Å². The van der Waals surface area contributed by atoms with Crippen molar-refractivity contribution in [1.29, 1.82) is 0 Å². The summed E-state index contributed by atoms with van der Waals surface area (Å²) in [6, 6.07) is 4.90. The smallest absolute Gasteiger partial charge is 0.0562 e. The summed E-state index contributed by atoms with van der Waals surface area (Å²) in [7, 11) is 2.19. The molecule has 4 nitrogen and oxygen atoms in total. The van der Waals surface area contributed by atoms with Crippen LogP contribution in [0, 0.1) is 0 Å². The van der Waals surface area contributed by atoms with Crippen molar-refractivity contribution in [3.05, 3.63) is 24.0 Å². The van der Waals surface area contributed by atoms with Gasteiger partial charge in [-0.2, -0.15) is 0 Å². The van der Waals surface area contributed by atoms with Gasteiger partial charge in [0, 0.05) is 44.1 Å². The standard InChI is InChI=1S/C14H24N4/c1-4-15-10-13-9-14(5-6-16-13)18-8-7-17(3)11-12(18)2/h5-6,9,12,15H,4,7-8,10-11H2,1-3H3. The third-order valence-corrected chi connectivity index (χ3v) is 3.52. The molecule has 4 heteroatoms. The Hall–Kier alpha value is -1.13. The first-order valence-corrected chi connectivity index (χ1v) is 6.81. The van der Waals surface area contributed by atoms with Crippen LogP contribution in [0.25, 0.3) is 0 Å². The van der Waals surface area contributed by atoms with Crippen LogP contribution in [-0.2, 0) is 6.54 Å². The lowest BCUT2D eigenvalue weighted by atomic mass is 10.1. The first kappa shape index (κ1) is 13.3. The molecule has 0 amide bonds. The molecular formula is C14H24N4. The number of piperazine rings is 1. The summed E-state index contributed by atoms with van der Waals surface area (Å²) in [5.41, 5.74) is 2.43. The summed E-state index contributed by atoms with van der Waals surface area (Å²) in [5.74, 6) is 0. The average molecular weight is 248 g/mol. The molecule has 0 spiro atoms. The summed E-state index contributed by atoms with van der Waals surface area (Å²) in [5, 5.41) is 3.32. The normalized spacial score (nSPS) is 21.3. The minimum atomic E-state index is 0.568. The van der Waals surface area contributed by atoms with E-state index in [1.807, 2.05) is 6.20 Å². The number of hydrogen-bond acceptors (Lipinski definition) is 4.